The maximum atomic E-state index is 12.0. The number of nitrogens with two attached hydrogens (primary N) is 1. The van der Waals surface area contributed by atoms with Gasteiger partial charge in [-0.05, 0) is 44.5 Å². The van der Waals surface area contributed by atoms with Crippen LogP contribution in [0.2, 0.25) is 0 Å². The van der Waals surface area contributed by atoms with Crippen molar-refractivity contribution in [2.24, 2.45) is 5.73 Å². The quantitative estimate of drug-likeness (QED) is 0.712. The minimum absolute atomic E-state index is 0.0700. The summed E-state index contributed by atoms with van der Waals surface area (Å²) in [6.07, 6.45) is 4.55. The Morgan fingerprint density at radius 1 is 1.32 bits per heavy atom. The zero-order valence-electron chi connectivity index (χ0n) is 13.2. The highest BCUT2D eigenvalue weighted by Gasteiger charge is 2.23. The lowest BCUT2D eigenvalue weighted by Gasteiger charge is -2.35. The van der Waals surface area contributed by atoms with Gasteiger partial charge in [-0.3, -0.25) is 9.69 Å². The predicted octanol–water partition coefficient (Wildman–Crippen LogP) is 1.38. The molecule has 3 N–H and O–H groups in total. The first-order valence-corrected chi connectivity index (χ1v) is 8.18. The van der Waals surface area contributed by atoms with Gasteiger partial charge < -0.3 is 15.8 Å². The number of piperidine rings is 1. The summed E-state index contributed by atoms with van der Waals surface area (Å²) in [5.74, 6) is 0.899. The van der Waals surface area contributed by atoms with Crippen molar-refractivity contribution in [3.05, 3.63) is 30.3 Å². The third-order valence-corrected chi connectivity index (χ3v) is 4.03. The average molecular weight is 305 g/mol. The number of carbonyl (C=O) groups excluding carboxylic acids is 1. The van der Waals surface area contributed by atoms with E-state index in [0.29, 0.717) is 32.3 Å². The maximum absolute atomic E-state index is 12.0. The molecule has 1 heterocycles. The molecule has 0 aromatic heterocycles. The molecule has 0 saturated carbocycles. The average Bonchev–Trinajstić information content (AvgIpc) is 2.55. The van der Waals surface area contributed by atoms with Crippen LogP contribution in [0.3, 0.4) is 0 Å². The van der Waals surface area contributed by atoms with E-state index in [1.54, 1.807) is 0 Å². The fourth-order valence-electron chi connectivity index (χ4n) is 2.90. The van der Waals surface area contributed by atoms with Crippen molar-refractivity contribution in [1.82, 2.24) is 10.2 Å². The van der Waals surface area contributed by atoms with Gasteiger partial charge in [-0.25, -0.2) is 0 Å². The number of carbonyl (C=O) groups is 1. The lowest BCUT2D eigenvalue weighted by atomic mass is 9.99. The molecule has 1 atom stereocenters. The first-order chi connectivity index (χ1) is 10.8. The normalized spacial score (nSPS) is 18.9. The Kier molecular flexibility index (Phi) is 7.19. The van der Waals surface area contributed by atoms with Gasteiger partial charge in [0.2, 0.25) is 5.91 Å². The van der Waals surface area contributed by atoms with E-state index in [0.717, 1.165) is 25.1 Å². The van der Waals surface area contributed by atoms with Crippen LogP contribution in [0.25, 0.3) is 0 Å². The summed E-state index contributed by atoms with van der Waals surface area (Å²) in [7, 11) is 0. The van der Waals surface area contributed by atoms with E-state index in [9.17, 15) is 4.79 Å². The molecule has 1 aromatic carbocycles. The summed E-state index contributed by atoms with van der Waals surface area (Å²) in [5, 5.41) is 2.93. The Morgan fingerprint density at radius 3 is 2.91 bits per heavy atom. The molecular weight excluding hydrogens is 278 g/mol. The van der Waals surface area contributed by atoms with Crippen LogP contribution < -0.4 is 15.8 Å². The first-order valence-electron chi connectivity index (χ1n) is 8.18. The highest BCUT2D eigenvalue weighted by Crippen LogP contribution is 2.18. The number of nitrogens with zero attached hydrogens (tertiary/aromatic N) is 1. The highest BCUT2D eigenvalue weighted by molar-refractivity contribution is 5.78. The summed E-state index contributed by atoms with van der Waals surface area (Å²) < 4.78 is 5.56. The molecule has 1 aliphatic heterocycles. The van der Waals surface area contributed by atoms with E-state index in [2.05, 4.69) is 10.2 Å². The van der Waals surface area contributed by atoms with Gasteiger partial charge in [0.1, 0.15) is 12.4 Å². The van der Waals surface area contributed by atoms with Crippen molar-refractivity contribution in [1.29, 1.82) is 0 Å². The molecule has 1 aliphatic rings. The summed E-state index contributed by atoms with van der Waals surface area (Å²) in [6, 6.07) is 10.1. The number of likely N-dealkylation sites (tertiary alicyclic amines) is 1. The van der Waals surface area contributed by atoms with Gasteiger partial charge in [0.25, 0.3) is 0 Å². The zero-order chi connectivity index (χ0) is 15.6. The van der Waals surface area contributed by atoms with E-state index in [-0.39, 0.29) is 5.91 Å². The minimum Gasteiger partial charge on any atom is -0.492 e. The van der Waals surface area contributed by atoms with Gasteiger partial charge in [-0.15, -0.1) is 0 Å². The minimum atomic E-state index is 0.0700. The Hall–Kier alpha value is -1.59. The molecular formula is C17H27N3O2. The lowest BCUT2D eigenvalue weighted by Crippen LogP contribution is -2.46. The Labute approximate surface area is 132 Å². The van der Waals surface area contributed by atoms with E-state index >= 15 is 0 Å². The number of para-hydroxylation sites is 1. The number of ether oxygens (including phenoxy) is 1. The van der Waals surface area contributed by atoms with Crippen molar-refractivity contribution in [2.45, 2.75) is 31.7 Å². The van der Waals surface area contributed by atoms with Gasteiger partial charge in [0, 0.05) is 6.04 Å². The van der Waals surface area contributed by atoms with Gasteiger partial charge in [-0.1, -0.05) is 24.6 Å². The van der Waals surface area contributed by atoms with Crippen LogP contribution in [0.15, 0.2) is 30.3 Å². The highest BCUT2D eigenvalue weighted by atomic mass is 16.5. The fourth-order valence-corrected chi connectivity index (χ4v) is 2.90. The van der Waals surface area contributed by atoms with Crippen molar-refractivity contribution < 1.29 is 9.53 Å². The van der Waals surface area contributed by atoms with Crippen LogP contribution >= 0.6 is 0 Å². The zero-order valence-corrected chi connectivity index (χ0v) is 13.2. The van der Waals surface area contributed by atoms with Crippen LogP contribution in [0.4, 0.5) is 0 Å². The van der Waals surface area contributed by atoms with Gasteiger partial charge in [0.15, 0.2) is 0 Å². The smallest absolute Gasteiger partial charge is 0.234 e. The van der Waals surface area contributed by atoms with E-state index in [1.165, 1.54) is 12.8 Å². The molecule has 1 amide bonds. The number of rotatable bonds is 8. The monoisotopic (exact) mass is 305 g/mol. The Morgan fingerprint density at radius 2 is 2.14 bits per heavy atom. The van der Waals surface area contributed by atoms with Gasteiger partial charge in [0.05, 0.1) is 13.1 Å². The molecule has 0 bridgehead atoms. The van der Waals surface area contributed by atoms with Crippen molar-refractivity contribution in [2.75, 3.05) is 32.8 Å². The third kappa shape index (κ3) is 5.66. The Bertz CT molecular complexity index is 437. The topological polar surface area (TPSA) is 67.6 Å². The molecule has 0 spiro atoms. The summed E-state index contributed by atoms with van der Waals surface area (Å²) in [6.45, 7) is 3.17. The SMILES string of the molecule is NCCC1CCCCN1CC(=O)NCCOc1ccccc1. The first kappa shape index (κ1) is 16.8. The number of hydrogen-bond acceptors (Lipinski definition) is 4. The molecule has 1 saturated heterocycles. The largest absolute Gasteiger partial charge is 0.492 e. The van der Waals surface area contributed by atoms with Crippen LogP contribution in [0.1, 0.15) is 25.7 Å². The molecule has 2 rings (SSSR count). The number of hydrogen-bond donors (Lipinski definition) is 2. The number of nitrogens with one attached hydrogen (secondary N) is 1. The molecule has 1 unspecified atom stereocenters. The van der Waals surface area contributed by atoms with Gasteiger partial charge in [-0.2, -0.15) is 0 Å². The van der Waals surface area contributed by atoms with E-state index in [1.807, 2.05) is 30.3 Å². The molecule has 122 valence electrons. The molecule has 22 heavy (non-hydrogen) atoms. The van der Waals surface area contributed by atoms with Crippen molar-refractivity contribution in [3.8, 4) is 5.75 Å². The molecule has 1 aromatic rings. The second kappa shape index (κ2) is 9.43. The van der Waals surface area contributed by atoms with E-state index < -0.39 is 0 Å². The van der Waals surface area contributed by atoms with E-state index in [4.69, 9.17) is 10.5 Å². The molecule has 5 heteroatoms. The van der Waals surface area contributed by atoms with Crippen molar-refractivity contribution in [3.63, 3.8) is 0 Å². The third-order valence-electron chi connectivity index (χ3n) is 4.03. The molecule has 0 aliphatic carbocycles. The van der Waals surface area contributed by atoms with Crippen LogP contribution in [-0.4, -0.2) is 49.6 Å². The molecule has 0 radical (unpaired) electrons. The predicted molar refractivity (Wildman–Crippen MR) is 87.8 cm³/mol. The number of benzene rings is 1. The van der Waals surface area contributed by atoms with Crippen LogP contribution in [0, 0.1) is 0 Å². The second-order valence-electron chi connectivity index (χ2n) is 5.71. The van der Waals surface area contributed by atoms with Crippen molar-refractivity contribution >= 4 is 5.91 Å². The summed E-state index contributed by atoms with van der Waals surface area (Å²) in [4.78, 5) is 14.3. The molecule has 1 fully saturated rings. The summed E-state index contributed by atoms with van der Waals surface area (Å²) >= 11 is 0. The number of amides is 1. The van der Waals surface area contributed by atoms with Gasteiger partial charge >= 0.3 is 0 Å². The maximum Gasteiger partial charge on any atom is 0.234 e. The Balaban J connectivity index is 1.64. The molecule has 5 nitrogen and oxygen atoms in total. The van der Waals surface area contributed by atoms with Crippen LogP contribution in [0.5, 0.6) is 5.75 Å². The van der Waals surface area contributed by atoms with Crippen LogP contribution in [-0.2, 0) is 4.79 Å². The summed E-state index contributed by atoms with van der Waals surface area (Å²) in [5.41, 5.74) is 5.66. The lowest BCUT2D eigenvalue weighted by molar-refractivity contribution is -0.123. The fraction of sp³-hybridized carbons (Fsp3) is 0.588. The second-order valence-corrected chi connectivity index (χ2v) is 5.71. The standard InChI is InChI=1S/C17H27N3O2/c18-10-9-15-6-4-5-12-20(15)14-17(21)19-11-13-22-16-7-2-1-3-8-16/h1-3,7-8,15H,4-6,9-14,18H2,(H,19,21).